The van der Waals surface area contributed by atoms with E-state index in [-0.39, 0.29) is 34.3 Å². The number of amides is 1. The van der Waals surface area contributed by atoms with Crippen molar-refractivity contribution in [1.29, 1.82) is 0 Å². The van der Waals surface area contributed by atoms with Crippen LogP contribution in [0.3, 0.4) is 0 Å². The van der Waals surface area contributed by atoms with Crippen molar-refractivity contribution in [1.82, 2.24) is 19.9 Å². The first-order valence-corrected chi connectivity index (χ1v) is 10.5. The Morgan fingerprint density at radius 1 is 1.15 bits per heavy atom. The van der Waals surface area contributed by atoms with Crippen LogP contribution in [0, 0.1) is 0 Å². The van der Waals surface area contributed by atoms with Gasteiger partial charge in [-0.1, -0.05) is 18.2 Å². The molecule has 0 aliphatic carbocycles. The van der Waals surface area contributed by atoms with Gasteiger partial charge in [-0.3, -0.25) is 9.36 Å². The van der Waals surface area contributed by atoms with Crippen molar-refractivity contribution in [2.75, 3.05) is 18.9 Å². The zero-order valence-electron chi connectivity index (χ0n) is 17.4. The summed E-state index contributed by atoms with van der Waals surface area (Å²) in [6.45, 7) is 0.949. The molecule has 1 saturated heterocycles. The number of anilines is 1. The molecule has 3 N–H and O–H groups in total. The van der Waals surface area contributed by atoms with Gasteiger partial charge in [-0.15, -0.1) is 0 Å². The number of halogens is 3. The van der Waals surface area contributed by atoms with Gasteiger partial charge in [0.25, 0.3) is 5.91 Å². The molecule has 170 valence electrons. The van der Waals surface area contributed by atoms with Gasteiger partial charge in [0.15, 0.2) is 5.65 Å². The number of carbonyl (C=O) groups excluding carboxylic acids is 1. The molecule has 33 heavy (non-hydrogen) atoms. The van der Waals surface area contributed by atoms with Gasteiger partial charge in [0.2, 0.25) is 0 Å². The molecule has 1 fully saturated rings. The van der Waals surface area contributed by atoms with Crippen molar-refractivity contribution in [2.24, 2.45) is 0 Å². The van der Waals surface area contributed by atoms with Gasteiger partial charge in [0.1, 0.15) is 16.9 Å². The maximum Gasteiger partial charge on any atom is 0.416 e. The van der Waals surface area contributed by atoms with E-state index in [0.717, 1.165) is 25.0 Å². The predicted octanol–water partition coefficient (Wildman–Crippen LogP) is 4.08. The summed E-state index contributed by atoms with van der Waals surface area (Å²) in [6, 6.07) is 11.8. The molecule has 3 heterocycles. The summed E-state index contributed by atoms with van der Waals surface area (Å²) in [5, 5.41) is 2.82. The summed E-state index contributed by atoms with van der Waals surface area (Å²) in [6.07, 6.45) is -2.85. The van der Waals surface area contributed by atoms with E-state index < -0.39 is 17.6 Å². The molecule has 10 heteroatoms. The van der Waals surface area contributed by atoms with Gasteiger partial charge in [-0.05, 0) is 43.2 Å². The lowest BCUT2D eigenvalue weighted by molar-refractivity contribution is -0.137. The van der Waals surface area contributed by atoms with Crippen LogP contribution in [-0.4, -0.2) is 39.7 Å². The molecule has 4 aromatic rings. The second-order valence-corrected chi connectivity index (χ2v) is 7.87. The number of nitrogen functional groups attached to an aromatic ring is 1. The molecule has 2 aromatic carbocycles. The number of nitrogens with one attached hydrogen (secondary N) is 1. The molecule has 5 rings (SSSR count). The quantitative estimate of drug-likeness (QED) is 0.484. The van der Waals surface area contributed by atoms with Crippen molar-refractivity contribution in [3.05, 3.63) is 59.7 Å². The first-order valence-electron chi connectivity index (χ1n) is 10.5. The first kappa shape index (κ1) is 21.2. The normalized spacial score (nSPS) is 16.5. The summed E-state index contributed by atoms with van der Waals surface area (Å²) in [7, 11) is 0. The fourth-order valence-electron chi connectivity index (χ4n) is 4.07. The molecule has 1 aliphatic rings. The highest BCUT2D eigenvalue weighted by atomic mass is 19.4. The van der Waals surface area contributed by atoms with E-state index >= 15 is 0 Å². The van der Waals surface area contributed by atoms with Gasteiger partial charge in [0.05, 0.1) is 22.7 Å². The van der Waals surface area contributed by atoms with E-state index in [9.17, 15) is 18.0 Å². The van der Waals surface area contributed by atoms with Gasteiger partial charge in [-0.25, -0.2) is 9.97 Å². The van der Waals surface area contributed by atoms with Crippen molar-refractivity contribution in [3.8, 4) is 5.69 Å². The fraction of sp³-hybridized carbons (Fsp3) is 0.261. The molecule has 2 aromatic heterocycles. The van der Waals surface area contributed by atoms with E-state index in [0.29, 0.717) is 24.2 Å². The molecule has 1 amide bonds. The number of rotatable bonds is 4. The zero-order chi connectivity index (χ0) is 23.2. The smallest absolute Gasteiger partial charge is 0.384 e. The Labute approximate surface area is 186 Å². The third kappa shape index (κ3) is 3.86. The standard InChI is InChI=1S/C23H20F3N5O2/c24-23(25,26)13-5-3-6-14(11-13)31-20(27)18(22(32)28-12-15-7-4-10-33-15)19-21(31)30-17-9-2-1-8-16(17)29-19/h1-3,5-6,8-9,11,15H,4,7,10,12,27H2,(H,28,32). The minimum absolute atomic E-state index is 0.0375. The second-order valence-electron chi connectivity index (χ2n) is 7.87. The molecule has 0 spiro atoms. The summed E-state index contributed by atoms with van der Waals surface area (Å²) < 4.78 is 46.9. The van der Waals surface area contributed by atoms with E-state index in [1.54, 1.807) is 24.3 Å². The Morgan fingerprint density at radius 2 is 1.91 bits per heavy atom. The van der Waals surface area contributed by atoms with E-state index in [1.165, 1.54) is 16.7 Å². The van der Waals surface area contributed by atoms with Crippen LogP contribution >= 0.6 is 0 Å². The van der Waals surface area contributed by atoms with Crippen molar-refractivity contribution in [2.45, 2.75) is 25.1 Å². The highest BCUT2D eigenvalue weighted by Gasteiger charge is 2.32. The summed E-state index contributed by atoms with van der Waals surface area (Å²) in [4.78, 5) is 22.3. The molecule has 1 atom stereocenters. The number of para-hydroxylation sites is 2. The molecule has 7 nitrogen and oxygen atoms in total. The number of alkyl halides is 3. The Bertz CT molecular complexity index is 1360. The maximum absolute atomic E-state index is 13.3. The summed E-state index contributed by atoms with van der Waals surface area (Å²) >= 11 is 0. The Hall–Kier alpha value is -3.66. The Kier molecular flexibility index (Phi) is 5.16. The first-order chi connectivity index (χ1) is 15.8. The lowest BCUT2D eigenvalue weighted by Gasteiger charge is -2.12. The number of hydrogen-bond donors (Lipinski definition) is 2. The average Bonchev–Trinajstić information content (AvgIpc) is 3.41. The van der Waals surface area contributed by atoms with Gasteiger partial charge < -0.3 is 15.8 Å². The highest BCUT2D eigenvalue weighted by Crippen LogP contribution is 2.34. The lowest BCUT2D eigenvalue weighted by Crippen LogP contribution is -2.32. The molecule has 0 bridgehead atoms. The van der Waals surface area contributed by atoms with Crippen LogP contribution in [0.5, 0.6) is 0 Å². The molecule has 0 saturated carbocycles. The molecule has 1 aliphatic heterocycles. The number of benzene rings is 2. The monoisotopic (exact) mass is 455 g/mol. The van der Waals surface area contributed by atoms with Crippen molar-refractivity contribution >= 4 is 33.9 Å². The fourth-order valence-corrected chi connectivity index (χ4v) is 4.07. The minimum atomic E-state index is -4.53. The third-order valence-corrected chi connectivity index (χ3v) is 5.67. The van der Waals surface area contributed by atoms with Gasteiger partial charge in [-0.2, -0.15) is 13.2 Å². The number of aromatic nitrogens is 3. The van der Waals surface area contributed by atoms with E-state index in [1.807, 2.05) is 0 Å². The van der Waals surface area contributed by atoms with Crippen molar-refractivity contribution in [3.63, 3.8) is 0 Å². The van der Waals surface area contributed by atoms with Crippen LogP contribution in [0.1, 0.15) is 28.8 Å². The van der Waals surface area contributed by atoms with Crippen LogP contribution in [0.4, 0.5) is 19.0 Å². The number of carbonyl (C=O) groups is 1. The number of ether oxygens (including phenoxy) is 1. The number of nitrogens with two attached hydrogens (primary N) is 1. The lowest BCUT2D eigenvalue weighted by atomic mass is 10.2. The van der Waals surface area contributed by atoms with Gasteiger partial charge >= 0.3 is 6.18 Å². The third-order valence-electron chi connectivity index (χ3n) is 5.67. The Morgan fingerprint density at radius 3 is 2.61 bits per heavy atom. The average molecular weight is 455 g/mol. The van der Waals surface area contributed by atoms with Crippen LogP contribution in [0.25, 0.3) is 27.9 Å². The van der Waals surface area contributed by atoms with E-state index in [4.69, 9.17) is 10.5 Å². The van der Waals surface area contributed by atoms with Crippen molar-refractivity contribution < 1.29 is 22.7 Å². The topological polar surface area (TPSA) is 95.1 Å². The largest absolute Gasteiger partial charge is 0.416 e. The second kappa shape index (κ2) is 8.04. The van der Waals surface area contributed by atoms with Crippen LogP contribution in [-0.2, 0) is 10.9 Å². The zero-order valence-corrected chi connectivity index (χ0v) is 17.4. The molecular weight excluding hydrogens is 435 g/mol. The SMILES string of the molecule is Nc1c(C(=O)NCC2CCCO2)c2nc3ccccc3nc2n1-c1cccc(C(F)(F)F)c1. The number of hydrogen-bond acceptors (Lipinski definition) is 5. The van der Waals surface area contributed by atoms with Gasteiger partial charge in [0, 0.05) is 18.8 Å². The predicted molar refractivity (Wildman–Crippen MR) is 117 cm³/mol. The molecular formula is C23H20F3N5O2. The van der Waals surface area contributed by atoms with E-state index in [2.05, 4.69) is 15.3 Å². The molecule has 0 radical (unpaired) electrons. The summed E-state index contributed by atoms with van der Waals surface area (Å²) in [5.74, 6) is -0.521. The molecule has 1 unspecified atom stereocenters. The van der Waals surface area contributed by atoms with Crippen LogP contribution in [0.2, 0.25) is 0 Å². The minimum Gasteiger partial charge on any atom is -0.384 e. The summed E-state index contributed by atoms with van der Waals surface area (Å²) in [5.41, 5.74) is 7.22. The number of nitrogens with zero attached hydrogens (tertiary/aromatic N) is 3. The number of fused-ring (bicyclic) bond motifs is 2. The highest BCUT2D eigenvalue weighted by molar-refractivity contribution is 6.11. The van der Waals surface area contributed by atoms with Crippen LogP contribution < -0.4 is 11.1 Å². The Balaban J connectivity index is 1.68. The van der Waals surface area contributed by atoms with Crippen LogP contribution in [0.15, 0.2) is 48.5 Å². The maximum atomic E-state index is 13.3.